The van der Waals surface area contributed by atoms with E-state index in [1.54, 1.807) is 0 Å². The summed E-state index contributed by atoms with van der Waals surface area (Å²) in [6, 6.07) is 8.97. The lowest BCUT2D eigenvalue weighted by atomic mass is 10.1. The predicted octanol–water partition coefficient (Wildman–Crippen LogP) is 4.06. The summed E-state index contributed by atoms with van der Waals surface area (Å²) in [4.78, 5) is 12.4. The van der Waals surface area contributed by atoms with Crippen molar-refractivity contribution >= 4 is 11.0 Å². The number of fused-ring (bicyclic) bond motifs is 1. The Morgan fingerprint density at radius 2 is 1.74 bits per heavy atom. The molecule has 3 aromatic rings. The zero-order valence-corrected chi connectivity index (χ0v) is 11.4. The standard InChI is InChI=1S/C16H9F3O4/c17-16(18,19)23-11-4-1-9(2-5-11)13-8-22-14-7-10(20)3-6-12(14)15(13)21/h1-8,20H. The van der Waals surface area contributed by atoms with Crippen LogP contribution in [0.1, 0.15) is 0 Å². The molecule has 0 aliphatic heterocycles. The van der Waals surface area contributed by atoms with Gasteiger partial charge in [-0.1, -0.05) is 12.1 Å². The van der Waals surface area contributed by atoms with Crippen LogP contribution in [0, 0.1) is 0 Å². The van der Waals surface area contributed by atoms with Gasteiger partial charge in [-0.25, -0.2) is 0 Å². The number of phenols is 1. The minimum absolute atomic E-state index is 0.0398. The van der Waals surface area contributed by atoms with Crippen molar-refractivity contribution in [3.05, 3.63) is 59.0 Å². The van der Waals surface area contributed by atoms with Gasteiger partial charge in [0.25, 0.3) is 0 Å². The molecule has 23 heavy (non-hydrogen) atoms. The normalized spacial score (nSPS) is 11.6. The lowest BCUT2D eigenvalue weighted by Gasteiger charge is -2.09. The van der Waals surface area contributed by atoms with Gasteiger partial charge in [0, 0.05) is 6.07 Å². The Kier molecular flexibility index (Phi) is 3.48. The van der Waals surface area contributed by atoms with E-state index in [0.717, 1.165) is 12.1 Å². The highest BCUT2D eigenvalue weighted by atomic mass is 19.4. The first kappa shape index (κ1) is 15.0. The van der Waals surface area contributed by atoms with E-state index in [4.69, 9.17) is 4.42 Å². The molecule has 0 saturated heterocycles. The molecule has 1 aromatic heterocycles. The SMILES string of the molecule is O=c1c(-c2ccc(OC(F)(F)F)cc2)coc2cc(O)ccc12. The van der Waals surface area contributed by atoms with E-state index in [-0.39, 0.29) is 33.5 Å². The molecule has 3 rings (SSSR count). The smallest absolute Gasteiger partial charge is 0.508 e. The zero-order valence-electron chi connectivity index (χ0n) is 11.4. The molecule has 0 aliphatic carbocycles. The fraction of sp³-hybridized carbons (Fsp3) is 0.0625. The van der Waals surface area contributed by atoms with Crippen LogP contribution in [0.2, 0.25) is 0 Å². The van der Waals surface area contributed by atoms with Gasteiger partial charge in [-0.15, -0.1) is 13.2 Å². The average molecular weight is 322 g/mol. The van der Waals surface area contributed by atoms with E-state index in [0.29, 0.717) is 5.56 Å². The molecule has 118 valence electrons. The first-order chi connectivity index (χ1) is 10.8. The maximum atomic E-state index is 12.4. The van der Waals surface area contributed by atoms with Crippen LogP contribution < -0.4 is 10.2 Å². The van der Waals surface area contributed by atoms with Crippen molar-refractivity contribution in [2.24, 2.45) is 0 Å². The van der Waals surface area contributed by atoms with Gasteiger partial charge >= 0.3 is 6.36 Å². The Bertz CT molecular complexity index is 911. The summed E-state index contributed by atoms with van der Waals surface area (Å²) < 4.78 is 45.5. The van der Waals surface area contributed by atoms with E-state index >= 15 is 0 Å². The maximum Gasteiger partial charge on any atom is 0.573 e. The van der Waals surface area contributed by atoms with Crippen LogP contribution in [0.4, 0.5) is 13.2 Å². The molecule has 0 radical (unpaired) electrons. The number of benzene rings is 2. The number of ether oxygens (including phenoxy) is 1. The third-order valence-electron chi connectivity index (χ3n) is 3.16. The molecule has 0 amide bonds. The van der Waals surface area contributed by atoms with Gasteiger partial charge in [0.05, 0.1) is 10.9 Å². The van der Waals surface area contributed by atoms with Crippen LogP contribution >= 0.6 is 0 Å². The van der Waals surface area contributed by atoms with Crippen LogP contribution in [0.5, 0.6) is 11.5 Å². The van der Waals surface area contributed by atoms with E-state index in [9.17, 15) is 23.1 Å². The van der Waals surface area contributed by atoms with E-state index in [1.165, 1.54) is 36.6 Å². The molecule has 1 heterocycles. The Balaban J connectivity index is 2.02. The quantitative estimate of drug-likeness (QED) is 0.773. The highest BCUT2D eigenvalue weighted by Crippen LogP contribution is 2.26. The monoisotopic (exact) mass is 322 g/mol. The minimum Gasteiger partial charge on any atom is -0.508 e. The van der Waals surface area contributed by atoms with Crippen LogP contribution in [-0.4, -0.2) is 11.5 Å². The highest BCUT2D eigenvalue weighted by Gasteiger charge is 2.31. The van der Waals surface area contributed by atoms with Crippen LogP contribution in [-0.2, 0) is 0 Å². The summed E-state index contributed by atoms with van der Waals surface area (Å²) >= 11 is 0. The van der Waals surface area contributed by atoms with Crippen molar-refractivity contribution in [1.29, 1.82) is 0 Å². The minimum atomic E-state index is -4.77. The summed E-state index contributed by atoms with van der Waals surface area (Å²) in [7, 11) is 0. The molecule has 0 aliphatic rings. The van der Waals surface area contributed by atoms with Gasteiger partial charge in [0.1, 0.15) is 23.3 Å². The Morgan fingerprint density at radius 3 is 2.39 bits per heavy atom. The largest absolute Gasteiger partial charge is 0.573 e. The fourth-order valence-corrected chi connectivity index (χ4v) is 2.15. The van der Waals surface area contributed by atoms with Crippen molar-refractivity contribution in [2.75, 3.05) is 0 Å². The van der Waals surface area contributed by atoms with Gasteiger partial charge in [0.15, 0.2) is 5.43 Å². The second-order valence-corrected chi connectivity index (χ2v) is 4.73. The van der Waals surface area contributed by atoms with Gasteiger partial charge in [-0.05, 0) is 29.8 Å². The Hall–Kier alpha value is -2.96. The predicted molar refractivity (Wildman–Crippen MR) is 76.3 cm³/mol. The number of aromatic hydroxyl groups is 1. The average Bonchev–Trinajstić information content (AvgIpc) is 2.47. The fourth-order valence-electron chi connectivity index (χ4n) is 2.15. The summed E-state index contributed by atoms with van der Waals surface area (Å²) in [5, 5.41) is 9.62. The molecule has 0 unspecified atom stereocenters. The first-order valence-electron chi connectivity index (χ1n) is 6.44. The van der Waals surface area contributed by atoms with E-state index < -0.39 is 6.36 Å². The van der Waals surface area contributed by atoms with Gasteiger partial charge in [0.2, 0.25) is 0 Å². The molecule has 1 N–H and O–H groups in total. The van der Waals surface area contributed by atoms with Gasteiger partial charge < -0.3 is 14.3 Å². The molecule has 7 heteroatoms. The number of phenolic OH excluding ortho intramolecular Hbond substituents is 1. The third kappa shape index (κ3) is 3.13. The first-order valence-corrected chi connectivity index (χ1v) is 6.44. The number of halogens is 3. The number of hydrogen-bond donors (Lipinski definition) is 1. The lowest BCUT2D eigenvalue weighted by molar-refractivity contribution is -0.274. The van der Waals surface area contributed by atoms with Crippen molar-refractivity contribution in [1.82, 2.24) is 0 Å². The van der Waals surface area contributed by atoms with Crippen molar-refractivity contribution in [2.45, 2.75) is 6.36 Å². The summed E-state index contributed by atoms with van der Waals surface area (Å²) in [5.74, 6) is -0.418. The molecular weight excluding hydrogens is 313 g/mol. The van der Waals surface area contributed by atoms with Crippen molar-refractivity contribution < 1.29 is 27.4 Å². The Labute approximate surface area is 127 Å². The number of hydrogen-bond acceptors (Lipinski definition) is 4. The molecule has 4 nitrogen and oxygen atoms in total. The van der Waals surface area contributed by atoms with Gasteiger partial charge in [-0.3, -0.25) is 4.79 Å². The van der Waals surface area contributed by atoms with Crippen LogP contribution in [0.3, 0.4) is 0 Å². The second-order valence-electron chi connectivity index (χ2n) is 4.73. The molecule has 0 atom stereocenters. The third-order valence-corrected chi connectivity index (χ3v) is 3.16. The molecule has 0 spiro atoms. The van der Waals surface area contributed by atoms with Crippen LogP contribution in [0.25, 0.3) is 22.1 Å². The highest BCUT2D eigenvalue weighted by molar-refractivity contribution is 5.82. The summed E-state index contributed by atoms with van der Waals surface area (Å²) in [5.41, 5.74) is 0.455. The summed E-state index contributed by atoms with van der Waals surface area (Å²) in [6.45, 7) is 0. The molecular formula is C16H9F3O4. The van der Waals surface area contributed by atoms with Gasteiger partial charge in [-0.2, -0.15) is 0 Å². The maximum absolute atomic E-state index is 12.4. The zero-order chi connectivity index (χ0) is 16.6. The molecule has 0 saturated carbocycles. The van der Waals surface area contributed by atoms with Crippen molar-refractivity contribution in [3.8, 4) is 22.6 Å². The molecule has 0 bridgehead atoms. The van der Waals surface area contributed by atoms with Crippen LogP contribution in [0.15, 0.2) is 57.9 Å². The second kappa shape index (κ2) is 5.35. The Morgan fingerprint density at radius 1 is 1.04 bits per heavy atom. The van der Waals surface area contributed by atoms with E-state index in [2.05, 4.69) is 4.74 Å². The number of alkyl halides is 3. The summed E-state index contributed by atoms with van der Waals surface area (Å²) in [6.07, 6.45) is -3.57. The lowest BCUT2D eigenvalue weighted by Crippen LogP contribution is -2.17. The molecule has 2 aromatic carbocycles. The van der Waals surface area contributed by atoms with E-state index in [1.807, 2.05) is 0 Å². The number of rotatable bonds is 2. The molecule has 0 fully saturated rings. The van der Waals surface area contributed by atoms with Crippen molar-refractivity contribution in [3.63, 3.8) is 0 Å². The topological polar surface area (TPSA) is 59.7 Å².